The second kappa shape index (κ2) is 7.32. The van der Waals surface area contributed by atoms with Crippen LogP contribution in [0.25, 0.3) is 32.7 Å². The summed E-state index contributed by atoms with van der Waals surface area (Å²) >= 11 is -3.91. The molecule has 4 aromatic rings. The second-order valence-corrected chi connectivity index (χ2v) is 8.15. The quantitative estimate of drug-likeness (QED) is 0.498. The van der Waals surface area contributed by atoms with Crippen LogP contribution in [0.1, 0.15) is 0 Å². The summed E-state index contributed by atoms with van der Waals surface area (Å²) in [4.78, 5) is 0.749. The molecule has 4 rings (SSSR count). The van der Waals surface area contributed by atoms with Crippen molar-refractivity contribution in [2.45, 2.75) is 9.79 Å². The molecule has 2 unspecified atom stereocenters. The second-order valence-electron chi connectivity index (χ2n) is 5.97. The van der Waals surface area contributed by atoms with Crippen LogP contribution in [-0.2, 0) is 26.3 Å². The fourth-order valence-corrected chi connectivity index (χ4v) is 4.70. The van der Waals surface area contributed by atoms with Crippen molar-refractivity contribution in [2.24, 2.45) is 0 Å². The van der Waals surface area contributed by atoms with E-state index in [-0.39, 0.29) is 4.90 Å². The number of fused-ring (bicyclic) bond motifs is 2. The lowest BCUT2D eigenvalue weighted by molar-refractivity contribution is 0.446. The van der Waals surface area contributed by atoms with Crippen molar-refractivity contribution in [3.8, 4) is 11.1 Å². The lowest BCUT2D eigenvalue weighted by atomic mass is 9.94. The molecule has 6 heteroatoms. The Bertz CT molecular complexity index is 1220. The van der Waals surface area contributed by atoms with Crippen molar-refractivity contribution in [2.75, 3.05) is 7.11 Å². The molecular formula is C21H16O4S2. The first kappa shape index (κ1) is 18.0. The van der Waals surface area contributed by atoms with Crippen LogP contribution in [0.5, 0.6) is 0 Å². The molecule has 0 spiro atoms. The number of rotatable bonds is 4. The molecule has 0 heterocycles. The summed E-state index contributed by atoms with van der Waals surface area (Å²) < 4.78 is 39.8. The molecule has 0 saturated carbocycles. The maximum atomic E-state index is 12.6. The molecular weight excluding hydrogens is 380 g/mol. The predicted molar refractivity (Wildman–Crippen MR) is 109 cm³/mol. The van der Waals surface area contributed by atoms with E-state index in [0.29, 0.717) is 16.0 Å². The highest BCUT2D eigenvalue weighted by Crippen LogP contribution is 2.41. The van der Waals surface area contributed by atoms with Gasteiger partial charge in [-0.15, -0.1) is 0 Å². The zero-order valence-electron chi connectivity index (χ0n) is 14.4. The highest BCUT2D eigenvalue weighted by atomic mass is 32.2. The molecule has 27 heavy (non-hydrogen) atoms. The fourth-order valence-electron chi connectivity index (χ4n) is 3.39. The van der Waals surface area contributed by atoms with E-state index in [2.05, 4.69) is 0 Å². The zero-order chi connectivity index (χ0) is 19.0. The topological polar surface area (TPSA) is 63.6 Å². The van der Waals surface area contributed by atoms with Crippen LogP contribution in [0.15, 0.2) is 82.6 Å². The number of hydrogen-bond acceptors (Lipinski definition) is 3. The van der Waals surface area contributed by atoms with Gasteiger partial charge in [0, 0.05) is 11.1 Å². The van der Waals surface area contributed by atoms with Crippen LogP contribution in [-0.4, -0.2) is 20.1 Å². The summed E-state index contributed by atoms with van der Waals surface area (Å²) in [5.41, 5.74) is 1.26. The van der Waals surface area contributed by atoms with Gasteiger partial charge < -0.3 is 4.55 Å². The van der Waals surface area contributed by atoms with Crippen LogP contribution in [0.3, 0.4) is 0 Å². The molecule has 0 amide bonds. The van der Waals surface area contributed by atoms with Crippen molar-refractivity contribution in [3.63, 3.8) is 0 Å². The van der Waals surface area contributed by atoms with Crippen LogP contribution >= 0.6 is 0 Å². The summed E-state index contributed by atoms with van der Waals surface area (Å²) in [6.45, 7) is 0. The third-order valence-corrected chi connectivity index (χ3v) is 6.27. The Morgan fingerprint density at radius 3 is 1.70 bits per heavy atom. The van der Waals surface area contributed by atoms with Gasteiger partial charge in [-0.05, 0) is 33.7 Å². The van der Waals surface area contributed by atoms with Crippen molar-refractivity contribution < 1.29 is 17.2 Å². The van der Waals surface area contributed by atoms with Crippen molar-refractivity contribution in [1.29, 1.82) is 0 Å². The number of benzene rings is 4. The van der Waals surface area contributed by atoms with Gasteiger partial charge in [0.05, 0.1) is 16.9 Å². The summed E-state index contributed by atoms with van der Waals surface area (Å²) in [6, 6.07) is 22.5. The van der Waals surface area contributed by atoms with E-state index < -0.39 is 22.2 Å². The summed E-state index contributed by atoms with van der Waals surface area (Å²) in [7, 11) is 1.38. The average molecular weight is 396 g/mol. The molecule has 4 nitrogen and oxygen atoms in total. The smallest absolute Gasteiger partial charge is 0.189 e. The lowest BCUT2D eigenvalue weighted by Crippen LogP contribution is -2.01. The Morgan fingerprint density at radius 1 is 0.704 bits per heavy atom. The van der Waals surface area contributed by atoms with Gasteiger partial charge in [-0.2, -0.15) is 0 Å². The van der Waals surface area contributed by atoms with Gasteiger partial charge in [-0.3, -0.25) is 4.18 Å². The van der Waals surface area contributed by atoms with Crippen molar-refractivity contribution in [1.82, 2.24) is 0 Å². The van der Waals surface area contributed by atoms with Crippen molar-refractivity contribution >= 4 is 43.7 Å². The largest absolute Gasteiger partial charge is 0.302 e. The molecule has 0 aliphatic carbocycles. The molecule has 0 saturated heterocycles. The molecule has 0 aliphatic heterocycles. The fraction of sp³-hybridized carbons (Fsp3) is 0.0476. The molecule has 1 N–H and O–H groups in total. The maximum Gasteiger partial charge on any atom is 0.189 e. The summed E-state index contributed by atoms with van der Waals surface area (Å²) in [5.74, 6) is 0. The van der Waals surface area contributed by atoms with Crippen LogP contribution in [0.4, 0.5) is 0 Å². The molecule has 4 aromatic carbocycles. The first-order valence-corrected chi connectivity index (χ1v) is 10.4. The minimum Gasteiger partial charge on any atom is -0.302 e. The molecule has 2 atom stereocenters. The summed E-state index contributed by atoms with van der Waals surface area (Å²) in [6.07, 6.45) is 0. The average Bonchev–Trinajstić information content (AvgIpc) is 2.71. The van der Waals surface area contributed by atoms with E-state index in [0.717, 1.165) is 21.5 Å². The highest BCUT2D eigenvalue weighted by Gasteiger charge is 2.21. The molecule has 0 aliphatic rings. The van der Waals surface area contributed by atoms with Gasteiger partial charge in [0.15, 0.2) is 22.2 Å². The normalized spacial score (nSPS) is 13.7. The van der Waals surface area contributed by atoms with E-state index in [4.69, 9.17) is 4.18 Å². The molecule has 0 fully saturated rings. The van der Waals surface area contributed by atoms with Crippen LogP contribution < -0.4 is 0 Å². The van der Waals surface area contributed by atoms with Gasteiger partial charge in [0.2, 0.25) is 0 Å². The van der Waals surface area contributed by atoms with E-state index in [9.17, 15) is 13.0 Å². The summed E-state index contributed by atoms with van der Waals surface area (Å²) in [5, 5.41) is 3.56. The van der Waals surface area contributed by atoms with Gasteiger partial charge >= 0.3 is 0 Å². The Hall–Kier alpha value is -2.38. The van der Waals surface area contributed by atoms with Gasteiger partial charge in [-0.25, -0.2) is 8.42 Å². The van der Waals surface area contributed by atoms with Gasteiger partial charge in [0.25, 0.3) is 0 Å². The first-order valence-electron chi connectivity index (χ1n) is 8.23. The molecule has 136 valence electrons. The van der Waals surface area contributed by atoms with Gasteiger partial charge in [0.1, 0.15) is 0 Å². The standard InChI is InChI=1S/C21H16O4S2/c1-25-27(24)19-13-11-15-7-3-5-9-17(15)21(19)20-16-8-4-2-6-14(16)10-12-18(20)26(22)23/h2-13H,1H3,(H,22,23). The molecule has 0 bridgehead atoms. The third-order valence-electron chi connectivity index (χ3n) is 4.55. The van der Waals surface area contributed by atoms with E-state index in [1.54, 1.807) is 12.1 Å². The minimum absolute atomic E-state index is 0.277. The van der Waals surface area contributed by atoms with Gasteiger partial charge in [-0.1, -0.05) is 60.7 Å². The SMILES string of the molecule is COS(=O)c1ccc2ccccc2c1-c1c(S(=O)O)ccc2ccccc12. The Labute approximate surface area is 161 Å². The minimum atomic E-state index is -2.20. The highest BCUT2D eigenvalue weighted by molar-refractivity contribution is 7.80. The Morgan fingerprint density at radius 2 is 1.19 bits per heavy atom. The van der Waals surface area contributed by atoms with E-state index in [1.807, 2.05) is 60.7 Å². The Balaban J connectivity index is 2.25. The van der Waals surface area contributed by atoms with E-state index >= 15 is 0 Å². The molecule has 0 aromatic heterocycles. The van der Waals surface area contributed by atoms with Crippen molar-refractivity contribution in [3.05, 3.63) is 72.8 Å². The predicted octanol–water partition coefficient (Wildman–Crippen LogP) is 4.91. The van der Waals surface area contributed by atoms with Crippen LogP contribution in [0, 0.1) is 0 Å². The van der Waals surface area contributed by atoms with Crippen LogP contribution in [0.2, 0.25) is 0 Å². The Kier molecular flexibility index (Phi) is 4.88. The van der Waals surface area contributed by atoms with E-state index in [1.165, 1.54) is 7.11 Å². The first-order chi connectivity index (χ1) is 13.1. The number of hydrogen-bond donors (Lipinski definition) is 1. The molecule has 0 radical (unpaired) electrons. The maximum absolute atomic E-state index is 12.6. The lowest BCUT2D eigenvalue weighted by Gasteiger charge is -2.17. The zero-order valence-corrected chi connectivity index (χ0v) is 16.0. The third kappa shape index (κ3) is 3.11. The monoisotopic (exact) mass is 396 g/mol.